The summed E-state index contributed by atoms with van der Waals surface area (Å²) in [6, 6.07) is 6.19. The molecule has 2 aromatic rings. The number of aromatic nitrogens is 3. The molecule has 5 heteroatoms. The van der Waals surface area contributed by atoms with Crippen molar-refractivity contribution in [3.05, 3.63) is 41.8 Å². The van der Waals surface area contributed by atoms with Crippen molar-refractivity contribution in [1.82, 2.24) is 20.4 Å². The van der Waals surface area contributed by atoms with Crippen LogP contribution in [-0.2, 0) is 6.42 Å². The molecule has 2 atom stereocenters. The Hall–Kier alpha value is -1.75. The minimum Gasteiger partial charge on any atom is -0.339 e. The number of likely N-dealkylation sites (N-methyl/N-ethyl adjacent to an activating group) is 1. The number of nitrogens with one attached hydrogen (secondary N) is 1. The fourth-order valence-electron chi connectivity index (χ4n) is 2.30. The van der Waals surface area contributed by atoms with Crippen molar-refractivity contribution in [2.75, 3.05) is 6.54 Å². The van der Waals surface area contributed by atoms with E-state index >= 15 is 0 Å². The largest absolute Gasteiger partial charge is 0.339 e. The van der Waals surface area contributed by atoms with Gasteiger partial charge in [0.25, 0.3) is 0 Å². The fraction of sp³-hybridized carbons (Fsp3) is 0.533. The maximum absolute atomic E-state index is 5.40. The molecule has 20 heavy (non-hydrogen) atoms. The van der Waals surface area contributed by atoms with Gasteiger partial charge in [-0.05, 0) is 25.1 Å². The van der Waals surface area contributed by atoms with Gasteiger partial charge in [-0.3, -0.25) is 4.98 Å². The summed E-state index contributed by atoms with van der Waals surface area (Å²) in [4.78, 5) is 8.77. The fourth-order valence-corrected chi connectivity index (χ4v) is 2.30. The van der Waals surface area contributed by atoms with E-state index in [0.717, 1.165) is 18.7 Å². The van der Waals surface area contributed by atoms with Crippen molar-refractivity contribution in [2.24, 2.45) is 0 Å². The molecule has 0 saturated carbocycles. The van der Waals surface area contributed by atoms with E-state index < -0.39 is 0 Å². The van der Waals surface area contributed by atoms with Crippen LogP contribution in [0.3, 0.4) is 0 Å². The molecule has 0 spiro atoms. The highest BCUT2D eigenvalue weighted by molar-refractivity contribution is 5.09. The highest BCUT2D eigenvalue weighted by Crippen LogP contribution is 2.20. The predicted octanol–water partition coefficient (Wildman–Crippen LogP) is 2.55. The molecule has 1 N–H and O–H groups in total. The van der Waals surface area contributed by atoms with E-state index in [1.54, 1.807) is 6.20 Å². The molecule has 0 bridgehead atoms. The van der Waals surface area contributed by atoms with Gasteiger partial charge in [0, 0.05) is 17.9 Å². The van der Waals surface area contributed by atoms with E-state index in [9.17, 15) is 0 Å². The molecule has 0 fully saturated rings. The Balaban J connectivity index is 2.04. The summed E-state index contributed by atoms with van der Waals surface area (Å²) in [5.41, 5.74) is 0.950. The van der Waals surface area contributed by atoms with Crippen molar-refractivity contribution in [2.45, 2.75) is 45.6 Å². The van der Waals surface area contributed by atoms with Crippen molar-refractivity contribution in [3.8, 4) is 0 Å². The molecule has 0 aliphatic heterocycles. The third-order valence-corrected chi connectivity index (χ3v) is 3.45. The maximum atomic E-state index is 5.40. The lowest BCUT2D eigenvalue weighted by Crippen LogP contribution is -2.33. The lowest BCUT2D eigenvalue weighted by molar-refractivity contribution is 0.319. The summed E-state index contributed by atoms with van der Waals surface area (Å²) in [6.45, 7) is 7.33. The molecular formula is C15H22N4O. The summed E-state index contributed by atoms with van der Waals surface area (Å²) in [7, 11) is 0. The monoisotopic (exact) mass is 274 g/mol. The zero-order chi connectivity index (χ0) is 14.4. The van der Waals surface area contributed by atoms with E-state index in [-0.39, 0.29) is 5.92 Å². The molecule has 0 amide bonds. The smallest absolute Gasteiger partial charge is 0.231 e. The molecule has 0 aliphatic carbocycles. The van der Waals surface area contributed by atoms with E-state index in [2.05, 4.69) is 41.2 Å². The van der Waals surface area contributed by atoms with E-state index in [1.165, 1.54) is 0 Å². The zero-order valence-electron chi connectivity index (χ0n) is 12.3. The van der Waals surface area contributed by atoms with Crippen LogP contribution >= 0.6 is 0 Å². The first-order valence-electron chi connectivity index (χ1n) is 7.20. The number of rotatable bonds is 7. The van der Waals surface area contributed by atoms with Gasteiger partial charge < -0.3 is 9.84 Å². The van der Waals surface area contributed by atoms with Crippen molar-refractivity contribution < 1.29 is 4.52 Å². The molecule has 2 unspecified atom stereocenters. The van der Waals surface area contributed by atoms with Crippen LogP contribution in [-0.4, -0.2) is 27.7 Å². The molecule has 2 aromatic heterocycles. The van der Waals surface area contributed by atoms with Crippen molar-refractivity contribution >= 4 is 0 Å². The second-order valence-electron chi connectivity index (χ2n) is 4.91. The lowest BCUT2D eigenvalue weighted by Gasteiger charge is -2.20. The van der Waals surface area contributed by atoms with E-state index in [1.807, 2.05) is 18.2 Å². The summed E-state index contributed by atoms with van der Waals surface area (Å²) in [5.74, 6) is 1.60. The maximum Gasteiger partial charge on any atom is 0.231 e. The lowest BCUT2D eigenvalue weighted by atomic mass is 9.99. The van der Waals surface area contributed by atoms with Crippen LogP contribution in [0.25, 0.3) is 0 Å². The second-order valence-corrected chi connectivity index (χ2v) is 4.91. The first-order valence-corrected chi connectivity index (χ1v) is 7.20. The average Bonchev–Trinajstić information content (AvgIpc) is 2.93. The highest BCUT2D eigenvalue weighted by Gasteiger charge is 2.22. The van der Waals surface area contributed by atoms with Gasteiger partial charge in [0.15, 0.2) is 5.82 Å². The van der Waals surface area contributed by atoms with Crippen LogP contribution in [0.2, 0.25) is 0 Å². The van der Waals surface area contributed by atoms with Crippen molar-refractivity contribution in [3.63, 3.8) is 0 Å². The van der Waals surface area contributed by atoms with Crippen molar-refractivity contribution in [1.29, 1.82) is 0 Å². The van der Waals surface area contributed by atoms with Crippen LogP contribution in [0.15, 0.2) is 28.9 Å². The quantitative estimate of drug-likeness (QED) is 0.840. The minimum absolute atomic E-state index is 0.213. The minimum atomic E-state index is 0.213. The highest BCUT2D eigenvalue weighted by atomic mass is 16.5. The van der Waals surface area contributed by atoms with Gasteiger partial charge in [-0.2, -0.15) is 4.98 Å². The third kappa shape index (κ3) is 3.63. The molecule has 5 nitrogen and oxygen atoms in total. The average molecular weight is 274 g/mol. The third-order valence-electron chi connectivity index (χ3n) is 3.45. The molecule has 2 rings (SSSR count). The van der Waals surface area contributed by atoms with Gasteiger partial charge in [-0.15, -0.1) is 0 Å². The second kappa shape index (κ2) is 7.14. The van der Waals surface area contributed by atoms with Crippen LogP contribution in [0.5, 0.6) is 0 Å². The van der Waals surface area contributed by atoms with Gasteiger partial charge in [0.05, 0.1) is 12.3 Å². The normalized spacial score (nSPS) is 14.2. The molecular weight excluding hydrogens is 252 g/mol. The molecule has 2 heterocycles. The zero-order valence-corrected chi connectivity index (χ0v) is 12.3. The van der Waals surface area contributed by atoms with Gasteiger partial charge in [0.2, 0.25) is 5.89 Å². The Labute approximate surface area is 119 Å². The van der Waals surface area contributed by atoms with E-state index in [4.69, 9.17) is 4.52 Å². The van der Waals surface area contributed by atoms with E-state index in [0.29, 0.717) is 24.2 Å². The SMILES string of the molecule is CCNC(CC)C(C)c1nc(Cc2ccccn2)no1. The number of hydrogen-bond donors (Lipinski definition) is 1. The Morgan fingerprint density at radius 1 is 1.30 bits per heavy atom. The molecule has 0 aromatic carbocycles. The standard InChI is InChI=1S/C15H22N4O/c1-4-13(16-5-2)11(3)15-18-14(19-20-15)10-12-8-6-7-9-17-12/h6-9,11,13,16H,4-5,10H2,1-3H3. The number of nitrogens with zero attached hydrogens (tertiary/aromatic N) is 3. The summed E-state index contributed by atoms with van der Waals surface area (Å²) >= 11 is 0. The first kappa shape index (κ1) is 14.7. The topological polar surface area (TPSA) is 63.8 Å². The Bertz CT molecular complexity index is 512. The summed E-state index contributed by atoms with van der Waals surface area (Å²) in [5, 5.41) is 7.50. The van der Waals surface area contributed by atoms with Crippen LogP contribution < -0.4 is 5.32 Å². The van der Waals surface area contributed by atoms with Crippen LogP contribution in [0.1, 0.15) is 50.5 Å². The first-order chi connectivity index (χ1) is 9.74. The van der Waals surface area contributed by atoms with Gasteiger partial charge in [0.1, 0.15) is 0 Å². The molecule has 0 saturated heterocycles. The number of pyridine rings is 1. The Morgan fingerprint density at radius 2 is 2.15 bits per heavy atom. The van der Waals surface area contributed by atoms with Gasteiger partial charge in [-0.1, -0.05) is 32.0 Å². The van der Waals surface area contributed by atoms with Gasteiger partial charge >= 0.3 is 0 Å². The summed E-state index contributed by atoms with van der Waals surface area (Å²) < 4.78 is 5.40. The van der Waals surface area contributed by atoms with Crippen LogP contribution in [0, 0.1) is 0 Å². The summed E-state index contributed by atoms with van der Waals surface area (Å²) in [6.07, 6.45) is 3.42. The molecule has 0 aliphatic rings. The molecule has 0 radical (unpaired) electrons. The van der Waals surface area contributed by atoms with Gasteiger partial charge in [-0.25, -0.2) is 0 Å². The predicted molar refractivity (Wildman–Crippen MR) is 77.5 cm³/mol. The van der Waals surface area contributed by atoms with Crippen LogP contribution in [0.4, 0.5) is 0 Å². The molecule has 108 valence electrons. The number of hydrogen-bond acceptors (Lipinski definition) is 5. The Kier molecular flexibility index (Phi) is 5.24. The Morgan fingerprint density at radius 3 is 2.80 bits per heavy atom.